The quantitative estimate of drug-likeness (QED) is 0.549. The van der Waals surface area contributed by atoms with E-state index in [2.05, 4.69) is 16.9 Å². The van der Waals surface area contributed by atoms with E-state index in [0.717, 1.165) is 12.4 Å². The summed E-state index contributed by atoms with van der Waals surface area (Å²) < 4.78 is 0. The third-order valence-electron chi connectivity index (χ3n) is 1.64. The van der Waals surface area contributed by atoms with Crippen molar-refractivity contribution in [2.24, 2.45) is 0 Å². The molecule has 0 saturated heterocycles. The van der Waals surface area contributed by atoms with Gasteiger partial charge in [0.2, 0.25) is 0 Å². The monoisotopic (exact) mass is 190 g/mol. The van der Waals surface area contributed by atoms with Crippen molar-refractivity contribution >= 4 is 5.69 Å². The normalized spacial score (nSPS) is 9.86. The molecule has 4 nitrogen and oxygen atoms in total. The first kappa shape index (κ1) is 10.5. The average Bonchev–Trinajstić information content (AvgIpc) is 2.18. The molecule has 0 aromatic heterocycles. The molecule has 0 fully saturated rings. The second-order valence-corrected chi connectivity index (χ2v) is 3.23. The number of rotatable bonds is 4. The van der Waals surface area contributed by atoms with Crippen LogP contribution < -0.4 is 10.9 Å². The lowest BCUT2D eigenvalue weighted by molar-refractivity contribution is 0.384. The van der Waals surface area contributed by atoms with Gasteiger partial charge in [-0.15, -0.1) is 0 Å². The van der Waals surface area contributed by atoms with Crippen LogP contribution in [0.15, 0.2) is 24.3 Å². The molecule has 0 aliphatic rings. The zero-order chi connectivity index (χ0) is 10.4. The Balaban J connectivity index is 2.41. The average molecular weight is 190 g/mol. The van der Waals surface area contributed by atoms with Gasteiger partial charge in [-0.3, -0.25) is 4.90 Å². The molecule has 14 heavy (non-hydrogen) atoms. The molecule has 74 valence electrons. The van der Waals surface area contributed by atoms with Crippen molar-refractivity contribution < 1.29 is 0 Å². The van der Waals surface area contributed by atoms with Crippen LogP contribution in [0.2, 0.25) is 0 Å². The predicted molar refractivity (Wildman–Crippen MR) is 56.5 cm³/mol. The molecule has 0 spiro atoms. The molecule has 1 rings (SSSR count). The number of nitrogens with one attached hydrogen (secondary N) is 2. The van der Waals surface area contributed by atoms with Gasteiger partial charge in [0.1, 0.15) is 0 Å². The van der Waals surface area contributed by atoms with Gasteiger partial charge in [-0.05, 0) is 38.4 Å². The summed E-state index contributed by atoms with van der Waals surface area (Å²) in [6.07, 6.45) is 0. The SMILES string of the molecule is CN(C)CNNc1ccc(C#N)cc1. The highest BCUT2D eigenvalue weighted by atomic mass is 15.4. The Labute approximate surface area is 84.1 Å². The van der Waals surface area contributed by atoms with Crippen molar-refractivity contribution in [3.05, 3.63) is 29.8 Å². The molecule has 0 saturated carbocycles. The largest absolute Gasteiger partial charge is 0.320 e. The molecule has 4 heteroatoms. The molecule has 0 aliphatic carbocycles. The van der Waals surface area contributed by atoms with E-state index in [9.17, 15) is 0 Å². The van der Waals surface area contributed by atoms with Crippen molar-refractivity contribution in [3.8, 4) is 6.07 Å². The summed E-state index contributed by atoms with van der Waals surface area (Å²) in [7, 11) is 3.96. The zero-order valence-electron chi connectivity index (χ0n) is 8.41. The highest BCUT2D eigenvalue weighted by Gasteiger charge is 1.92. The van der Waals surface area contributed by atoms with Crippen LogP contribution >= 0.6 is 0 Å². The molecule has 0 radical (unpaired) electrons. The summed E-state index contributed by atoms with van der Waals surface area (Å²) in [6, 6.07) is 9.35. The minimum absolute atomic E-state index is 0.670. The lowest BCUT2D eigenvalue weighted by atomic mass is 10.2. The number of hydrogen-bond acceptors (Lipinski definition) is 4. The Bertz CT molecular complexity index is 310. The van der Waals surface area contributed by atoms with Gasteiger partial charge in [0, 0.05) is 5.69 Å². The summed E-state index contributed by atoms with van der Waals surface area (Å²) >= 11 is 0. The van der Waals surface area contributed by atoms with Gasteiger partial charge in [0.25, 0.3) is 0 Å². The van der Waals surface area contributed by atoms with Crippen molar-refractivity contribution in [1.82, 2.24) is 10.3 Å². The standard InChI is InChI=1S/C10H14N4/c1-14(2)8-12-13-10-5-3-9(7-11)4-6-10/h3-6,12-13H,8H2,1-2H3. The van der Waals surface area contributed by atoms with Crippen molar-refractivity contribution in [1.29, 1.82) is 5.26 Å². The molecule has 1 aromatic rings. The predicted octanol–water partition coefficient (Wildman–Crippen LogP) is 0.994. The highest BCUT2D eigenvalue weighted by Crippen LogP contribution is 2.06. The molecular formula is C10H14N4. The molecular weight excluding hydrogens is 176 g/mol. The molecule has 0 amide bonds. The molecule has 0 unspecified atom stereocenters. The smallest absolute Gasteiger partial charge is 0.0991 e. The molecule has 2 N–H and O–H groups in total. The fourth-order valence-electron chi connectivity index (χ4n) is 0.928. The van der Waals surface area contributed by atoms with Crippen molar-refractivity contribution in [2.75, 3.05) is 26.2 Å². The van der Waals surface area contributed by atoms with E-state index < -0.39 is 0 Å². The van der Waals surface area contributed by atoms with E-state index in [1.807, 2.05) is 31.1 Å². The Hall–Kier alpha value is -1.57. The molecule has 1 aromatic carbocycles. The maximum absolute atomic E-state index is 8.58. The molecule has 0 atom stereocenters. The van der Waals surface area contributed by atoms with Crippen molar-refractivity contribution in [2.45, 2.75) is 0 Å². The van der Waals surface area contributed by atoms with Gasteiger partial charge in [0.15, 0.2) is 0 Å². The Morgan fingerprint density at radius 1 is 1.29 bits per heavy atom. The van der Waals surface area contributed by atoms with Gasteiger partial charge in [-0.1, -0.05) is 0 Å². The van der Waals surface area contributed by atoms with E-state index in [1.165, 1.54) is 0 Å². The fraction of sp³-hybridized carbons (Fsp3) is 0.300. The van der Waals surface area contributed by atoms with Crippen LogP contribution in [0, 0.1) is 11.3 Å². The lowest BCUT2D eigenvalue weighted by Crippen LogP contribution is -2.32. The molecule has 0 bridgehead atoms. The summed E-state index contributed by atoms with van der Waals surface area (Å²) in [6.45, 7) is 0.750. The van der Waals surface area contributed by atoms with Gasteiger partial charge in [0.05, 0.1) is 18.3 Å². The van der Waals surface area contributed by atoms with Crippen LogP contribution in [0.25, 0.3) is 0 Å². The number of hydrazine groups is 1. The highest BCUT2D eigenvalue weighted by molar-refractivity contribution is 5.46. The van der Waals surface area contributed by atoms with E-state index in [0.29, 0.717) is 5.56 Å². The van der Waals surface area contributed by atoms with E-state index in [-0.39, 0.29) is 0 Å². The van der Waals surface area contributed by atoms with E-state index in [1.54, 1.807) is 12.1 Å². The minimum atomic E-state index is 0.670. The second kappa shape index (κ2) is 5.22. The van der Waals surface area contributed by atoms with Crippen molar-refractivity contribution in [3.63, 3.8) is 0 Å². The number of hydrogen-bond donors (Lipinski definition) is 2. The first-order valence-corrected chi connectivity index (χ1v) is 4.36. The maximum atomic E-state index is 8.58. The van der Waals surface area contributed by atoms with Crippen LogP contribution in [0.5, 0.6) is 0 Å². The van der Waals surface area contributed by atoms with Crippen LogP contribution in [0.4, 0.5) is 5.69 Å². The Kier molecular flexibility index (Phi) is 3.92. The van der Waals surface area contributed by atoms with Gasteiger partial charge < -0.3 is 5.43 Å². The summed E-state index contributed by atoms with van der Waals surface area (Å²) in [5.41, 5.74) is 7.68. The third-order valence-corrected chi connectivity index (χ3v) is 1.64. The number of benzene rings is 1. The van der Waals surface area contributed by atoms with Crippen LogP contribution in [0.1, 0.15) is 5.56 Å². The summed E-state index contributed by atoms with van der Waals surface area (Å²) in [4.78, 5) is 2.01. The van der Waals surface area contributed by atoms with Crippen LogP contribution in [0.3, 0.4) is 0 Å². The van der Waals surface area contributed by atoms with Gasteiger partial charge in [-0.25, -0.2) is 5.43 Å². The first-order chi connectivity index (χ1) is 6.72. The second-order valence-electron chi connectivity index (χ2n) is 3.23. The Morgan fingerprint density at radius 2 is 1.93 bits per heavy atom. The lowest BCUT2D eigenvalue weighted by Gasteiger charge is -2.12. The first-order valence-electron chi connectivity index (χ1n) is 4.36. The summed E-state index contributed by atoms with van der Waals surface area (Å²) in [5, 5.41) is 8.58. The van der Waals surface area contributed by atoms with Crippen LogP contribution in [-0.2, 0) is 0 Å². The minimum Gasteiger partial charge on any atom is -0.320 e. The van der Waals surface area contributed by atoms with Gasteiger partial charge >= 0.3 is 0 Å². The Morgan fingerprint density at radius 3 is 2.43 bits per heavy atom. The molecule has 0 aliphatic heterocycles. The number of nitrogens with zero attached hydrogens (tertiary/aromatic N) is 2. The fourth-order valence-corrected chi connectivity index (χ4v) is 0.928. The zero-order valence-corrected chi connectivity index (χ0v) is 8.41. The number of nitriles is 1. The van der Waals surface area contributed by atoms with E-state index >= 15 is 0 Å². The maximum Gasteiger partial charge on any atom is 0.0991 e. The van der Waals surface area contributed by atoms with Crippen LogP contribution in [-0.4, -0.2) is 25.7 Å². The third kappa shape index (κ3) is 3.44. The van der Waals surface area contributed by atoms with E-state index in [4.69, 9.17) is 5.26 Å². The topological polar surface area (TPSA) is 51.1 Å². The molecule has 0 heterocycles. The summed E-state index contributed by atoms with van der Waals surface area (Å²) in [5.74, 6) is 0. The number of anilines is 1. The van der Waals surface area contributed by atoms with Gasteiger partial charge in [-0.2, -0.15) is 5.26 Å².